The number of halogens is 3. The molecule has 0 bridgehead atoms. The maximum atomic E-state index is 13.0. The lowest BCUT2D eigenvalue weighted by Crippen LogP contribution is -2.25. The van der Waals surface area contributed by atoms with Crippen LogP contribution in [-0.2, 0) is 0 Å². The van der Waals surface area contributed by atoms with Gasteiger partial charge in [-0.3, -0.25) is 0 Å². The first-order chi connectivity index (χ1) is 9.58. The van der Waals surface area contributed by atoms with Crippen LogP contribution in [0, 0.1) is 17.1 Å². The Bertz CT molecular complexity index is 662. The molecule has 1 unspecified atom stereocenters. The van der Waals surface area contributed by atoms with Gasteiger partial charge in [0.1, 0.15) is 22.7 Å². The molecule has 5 nitrogen and oxygen atoms in total. The van der Waals surface area contributed by atoms with Crippen molar-refractivity contribution in [3.63, 3.8) is 0 Å². The lowest BCUT2D eigenvalue weighted by molar-refractivity contribution is 0.282. The highest BCUT2D eigenvalue weighted by atomic mass is 35.5. The minimum absolute atomic E-state index is 0.0284. The number of nitrogens with zero attached hydrogens (tertiary/aromatic N) is 3. The molecule has 0 fully saturated rings. The Hall–Kier alpha value is -2.10. The Kier molecular flexibility index (Phi) is 4.56. The van der Waals surface area contributed by atoms with Crippen molar-refractivity contribution in [3.8, 4) is 11.8 Å². The van der Waals surface area contributed by atoms with E-state index in [1.54, 1.807) is 0 Å². The summed E-state index contributed by atoms with van der Waals surface area (Å²) in [4.78, 5) is 7.50. The van der Waals surface area contributed by atoms with E-state index in [0.717, 1.165) is 6.07 Å². The Morgan fingerprint density at radius 1 is 1.40 bits per heavy atom. The predicted molar refractivity (Wildman–Crippen MR) is 72.1 cm³/mol. The molecular weight excluding hydrogens is 306 g/mol. The highest BCUT2D eigenvalue weighted by Gasteiger charge is 2.13. The molecule has 1 N–H and O–H groups in total. The van der Waals surface area contributed by atoms with Crippen molar-refractivity contribution in [2.45, 2.75) is 6.23 Å². The molecule has 1 aromatic heterocycles. The smallest absolute Gasteiger partial charge is 0.259 e. The summed E-state index contributed by atoms with van der Waals surface area (Å²) in [5, 5.41) is 11.8. The first-order valence-corrected chi connectivity index (χ1v) is 6.10. The standard InChI is InChI=1S/C12H7Cl2FN4O/c13-9-6-17-12(14)19-11(9)18-10(5-16)20-8-3-1-2-7(15)4-8/h1-4,6,10H,(H,17,18,19). The van der Waals surface area contributed by atoms with Crippen LogP contribution in [0.3, 0.4) is 0 Å². The van der Waals surface area contributed by atoms with Crippen molar-refractivity contribution in [3.05, 3.63) is 46.6 Å². The van der Waals surface area contributed by atoms with Crippen LogP contribution in [0.1, 0.15) is 0 Å². The lowest BCUT2D eigenvalue weighted by atomic mass is 10.3. The fraction of sp³-hybridized carbons (Fsp3) is 0.0833. The monoisotopic (exact) mass is 312 g/mol. The van der Waals surface area contributed by atoms with E-state index in [4.69, 9.17) is 33.2 Å². The molecule has 2 aromatic rings. The van der Waals surface area contributed by atoms with Crippen LogP contribution >= 0.6 is 23.2 Å². The van der Waals surface area contributed by atoms with Gasteiger partial charge in [-0.1, -0.05) is 17.7 Å². The first-order valence-electron chi connectivity index (χ1n) is 5.35. The average Bonchev–Trinajstić information content (AvgIpc) is 2.42. The van der Waals surface area contributed by atoms with Crippen LogP contribution in [0.15, 0.2) is 30.5 Å². The molecular formula is C12H7Cl2FN4O. The number of ether oxygens (including phenoxy) is 1. The van der Waals surface area contributed by atoms with Gasteiger partial charge in [-0.25, -0.2) is 9.37 Å². The molecule has 1 atom stereocenters. The zero-order chi connectivity index (χ0) is 14.5. The van der Waals surface area contributed by atoms with E-state index in [0.29, 0.717) is 0 Å². The van der Waals surface area contributed by atoms with Gasteiger partial charge in [-0.15, -0.1) is 0 Å². The Labute approximate surface area is 123 Å². The molecule has 0 spiro atoms. The van der Waals surface area contributed by atoms with Gasteiger partial charge >= 0.3 is 0 Å². The number of nitriles is 1. The summed E-state index contributed by atoms with van der Waals surface area (Å²) in [5.41, 5.74) is 0. The lowest BCUT2D eigenvalue weighted by Gasteiger charge is -2.15. The number of rotatable bonds is 4. The molecule has 0 saturated carbocycles. The van der Waals surface area contributed by atoms with Crippen molar-refractivity contribution < 1.29 is 9.13 Å². The maximum Gasteiger partial charge on any atom is 0.259 e. The van der Waals surface area contributed by atoms with Gasteiger partial charge in [0.2, 0.25) is 5.28 Å². The fourth-order valence-electron chi connectivity index (χ4n) is 1.34. The molecule has 1 heterocycles. The highest BCUT2D eigenvalue weighted by Crippen LogP contribution is 2.21. The summed E-state index contributed by atoms with van der Waals surface area (Å²) in [6, 6.07) is 7.25. The largest absolute Gasteiger partial charge is 0.457 e. The van der Waals surface area contributed by atoms with E-state index in [-0.39, 0.29) is 21.9 Å². The third-order valence-electron chi connectivity index (χ3n) is 2.15. The van der Waals surface area contributed by atoms with E-state index >= 15 is 0 Å². The van der Waals surface area contributed by atoms with Crippen LogP contribution < -0.4 is 10.1 Å². The number of hydrogen-bond donors (Lipinski definition) is 1. The number of nitrogens with one attached hydrogen (secondary N) is 1. The molecule has 0 aliphatic carbocycles. The summed E-state index contributed by atoms with van der Waals surface area (Å²) < 4.78 is 18.3. The second-order valence-corrected chi connectivity index (χ2v) is 4.31. The first kappa shape index (κ1) is 14.3. The minimum Gasteiger partial charge on any atom is -0.457 e. The van der Waals surface area contributed by atoms with Crippen molar-refractivity contribution in [1.29, 1.82) is 5.26 Å². The number of anilines is 1. The van der Waals surface area contributed by atoms with E-state index in [9.17, 15) is 4.39 Å². The van der Waals surface area contributed by atoms with Crippen molar-refractivity contribution in [2.24, 2.45) is 0 Å². The van der Waals surface area contributed by atoms with Crippen molar-refractivity contribution in [1.82, 2.24) is 9.97 Å². The van der Waals surface area contributed by atoms with Gasteiger partial charge in [-0.05, 0) is 23.7 Å². The predicted octanol–water partition coefficient (Wildman–Crippen LogP) is 3.26. The molecule has 102 valence electrons. The van der Waals surface area contributed by atoms with Crippen LogP contribution in [0.5, 0.6) is 5.75 Å². The third kappa shape index (κ3) is 3.70. The average molecular weight is 313 g/mol. The van der Waals surface area contributed by atoms with Crippen LogP contribution in [-0.4, -0.2) is 16.2 Å². The van der Waals surface area contributed by atoms with Gasteiger partial charge in [0.05, 0.1) is 6.20 Å². The van der Waals surface area contributed by atoms with Gasteiger partial charge in [-0.2, -0.15) is 10.2 Å². The summed E-state index contributed by atoms with van der Waals surface area (Å²) in [6.45, 7) is 0. The van der Waals surface area contributed by atoms with Gasteiger partial charge in [0.15, 0.2) is 5.82 Å². The minimum atomic E-state index is -1.11. The maximum absolute atomic E-state index is 13.0. The quantitative estimate of drug-likeness (QED) is 0.693. The number of hydrogen-bond acceptors (Lipinski definition) is 5. The normalized spacial score (nSPS) is 11.5. The van der Waals surface area contributed by atoms with Crippen molar-refractivity contribution >= 4 is 29.0 Å². The zero-order valence-electron chi connectivity index (χ0n) is 9.85. The van der Waals surface area contributed by atoms with E-state index in [2.05, 4.69) is 15.3 Å². The van der Waals surface area contributed by atoms with Crippen LogP contribution in [0.25, 0.3) is 0 Å². The second kappa shape index (κ2) is 6.37. The summed E-state index contributed by atoms with van der Waals surface area (Å²) >= 11 is 11.5. The zero-order valence-corrected chi connectivity index (χ0v) is 11.4. The Morgan fingerprint density at radius 3 is 2.90 bits per heavy atom. The third-order valence-corrected chi connectivity index (χ3v) is 2.61. The van der Waals surface area contributed by atoms with Gasteiger partial charge in [0.25, 0.3) is 6.23 Å². The van der Waals surface area contributed by atoms with Crippen molar-refractivity contribution in [2.75, 3.05) is 5.32 Å². The van der Waals surface area contributed by atoms with Crippen LogP contribution in [0.4, 0.5) is 10.2 Å². The fourth-order valence-corrected chi connectivity index (χ4v) is 1.61. The summed E-state index contributed by atoms with van der Waals surface area (Å²) in [5.74, 6) is -0.128. The SMILES string of the molecule is N#CC(Nc1nc(Cl)ncc1Cl)Oc1cccc(F)c1. The number of benzene rings is 1. The van der Waals surface area contributed by atoms with Gasteiger partial charge in [0, 0.05) is 6.07 Å². The molecule has 0 radical (unpaired) electrons. The molecule has 0 aliphatic heterocycles. The molecule has 2 rings (SSSR count). The summed E-state index contributed by atoms with van der Waals surface area (Å²) in [6.07, 6.45) is 0.177. The molecule has 1 aromatic carbocycles. The topological polar surface area (TPSA) is 70.8 Å². The number of aromatic nitrogens is 2. The molecule has 20 heavy (non-hydrogen) atoms. The van der Waals surface area contributed by atoms with E-state index in [1.165, 1.54) is 24.4 Å². The highest BCUT2D eigenvalue weighted by molar-refractivity contribution is 6.33. The Morgan fingerprint density at radius 2 is 2.20 bits per heavy atom. The summed E-state index contributed by atoms with van der Waals surface area (Å²) in [7, 11) is 0. The molecule has 8 heteroatoms. The molecule has 0 aliphatic rings. The molecule has 0 amide bonds. The van der Waals surface area contributed by atoms with Crippen LogP contribution in [0.2, 0.25) is 10.3 Å². The second-order valence-electron chi connectivity index (χ2n) is 3.56. The van der Waals surface area contributed by atoms with Gasteiger partial charge < -0.3 is 10.1 Å². The van der Waals surface area contributed by atoms with E-state index < -0.39 is 12.0 Å². The Balaban J connectivity index is 2.13. The molecule has 0 saturated heterocycles. The van der Waals surface area contributed by atoms with E-state index in [1.807, 2.05) is 6.07 Å².